The molecule has 0 amide bonds. The van der Waals surface area contributed by atoms with E-state index in [9.17, 15) is 0 Å². The van der Waals surface area contributed by atoms with Crippen LogP contribution in [0, 0.1) is 6.92 Å². The third kappa shape index (κ3) is 3.78. The normalized spacial score (nSPS) is 10.4. The molecule has 0 fully saturated rings. The summed E-state index contributed by atoms with van der Waals surface area (Å²) < 4.78 is 0.861. The van der Waals surface area contributed by atoms with Crippen LogP contribution in [0.4, 0.5) is 5.82 Å². The van der Waals surface area contributed by atoms with Gasteiger partial charge >= 0.3 is 0 Å². The maximum absolute atomic E-state index is 4.44. The Morgan fingerprint density at radius 1 is 1.33 bits per heavy atom. The van der Waals surface area contributed by atoms with Gasteiger partial charge < -0.3 is 4.90 Å². The molecule has 0 aliphatic carbocycles. The molecule has 84 valence electrons. The molecule has 4 heteroatoms. The number of anilines is 1. The van der Waals surface area contributed by atoms with E-state index in [0.717, 1.165) is 29.3 Å². The number of halogens is 1. The van der Waals surface area contributed by atoms with Crippen LogP contribution in [0.5, 0.6) is 0 Å². The van der Waals surface area contributed by atoms with Gasteiger partial charge in [-0.05, 0) is 36.2 Å². The lowest BCUT2D eigenvalue weighted by Crippen LogP contribution is -2.25. The fourth-order valence-corrected chi connectivity index (χ4v) is 1.92. The zero-order valence-corrected chi connectivity index (χ0v) is 11.2. The molecule has 0 unspecified atom stereocenters. The molecule has 0 aliphatic rings. The minimum atomic E-state index is 0.814. The zero-order chi connectivity index (χ0) is 11.3. The van der Waals surface area contributed by atoms with Gasteiger partial charge in [0, 0.05) is 19.2 Å². The van der Waals surface area contributed by atoms with E-state index in [0.29, 0.717) is 0 Å². The van der Waals surface area contributed by atoms with E-state index in [2.05, 4.69) is 44.6 Å². The summed E-state index contributed by atoms with van der Waals surface area (Å²) in [6.45, 7) is 8.33. The second kappa shape index (κ2) is 6.05. The van der Waals surface area contributed by atoms with Crippen LogP contribution in [-0.4, -0.2) is 23.1 Å². The average Bonchev–Trinajstić information content (AvgIpc) is 2.17. The molecule has 1 heterocycles. The highest BCUT2D eigenvalue weighted by atomic mass is 79.9. The first-order valence-corrected chi connectivity index (χ1v) is 6.22. The van der Waals surface area contributed by atoms with Crippen LogP contribution in [-0.2, 0) is 0 Å². The number of unbranched alkanes of at least 4 members (excludes halogenated alkanes) is 1. The molecule has 0 saturated carbocycles. The molecular weight excluding hydrogens is 254 g/mol. The van der Waals surface area contributed by atoms with E-state index in [-0.39, 0.29) is 0 Å². The Morgan fingerprint density at radius 3 is 2.60 bits per heavy atom. The van der Waals surface area contributed by atoms with Crippen LogP contribution in [0.3, 0.4) is 0 Å². The maximum Gasteiger partial charge on any atom is 0.133 e. The number of aromatic nitrogens is 2. The Bertz CT molecular complexity index is 294. The fourth-order valence-electron chi connectivity index (χ4n) is 1.46. The number of aryl methyl sites for hydroxylation is 1. The Morgan fingerprint density at radius 2 is 2.07 bits per heavy atom. The summed E-state index contributed by atoms with van der Waals surface area (Å²) >= 11 is 3.40. The molecule has 15 heavy (non-hydrogen) atoms. The van der Waals surface area contributed by atoms with Crippen molar-refractivity contribution < 1.29 is 0 Å². The van der Waals surface area contributed by atoms with Crippen LogP contribution in [0.25, 0.3) is 0 Å². The van der Waals surface area contributed by atoms with Gasteiger partial charge in [-0.15, -0.1) is 0 Å². The Balaban J connectivity index is 2.81. The van der Waals surface area contributed by atoms with Gasteiger partial charge in [0.25, 0.3) is 0 Å². The predicted octanol–water partition coefficient (Wildman–Crippen LogP) is 3.17. The first kappa shape index (κ1) is 12.4. The second-order valence-electron chi connectivity index (χ2n) is 3.53. The zero-order valence-electron chi connectivity index (χ0n) is 9.63. The van der Waals surface area contributed by atoms with E-state index >= 15 is 0 Å². The molecule has 0 aromatic carbocycles. The molecule has 0 bridgehead atoms. The smallest absolute Gasteiger partial charge is 0.133 e. The Hall–Kier alpha value is -0.640. The van der Waals surface area contributed by atoms with Gasteiger partial charge in [0.05, 0.1) is 0 Å². The maximum atomic E-state index is 4.44. The van der Waals surface area contributed by atoms with Gasteiger partial charge in [-0.1, -0.05) is 13.3 Å². The van der Waals surface area contributed by atoms with Crippen molar-refractivity contribution in [3.63, 3.8) is 0 Å². The van der Waals surface area contributed by atoms with Crippen LogP contribution >= 0.6 is 15.9 Å². The molecule has 1 rings (SSSR count). The monoisotopic (exact) mass is 271 g/mol. The Kier molecular flexibility index (Phi) is 5.02. The van der Waals surface area contributed by atoms with Crippen molar-refractivity contribution in [1.29, 1.82) is 0 Å². The van der Waals surface area contributed by atoms with Gasteiger partial charge in [0.2, 0.25) is 0 Å². The lowest BCUT2D eigenvalue weighted by molar-refractivity contribution is 0.720. The lowest BCUT2D eigenvalue weighted by atomic mass is 10.3. The summed E-state index contributed by atoms with van der Waals surface area (Å²) in [5.41, 5.74) is 0. The third-order valence-corrected chi connectivity index (χ3v) is 2.69. The van der Waals surface area contributed by atoms with Gasteiger partial charge in [0.15, 0.2) is 0 Å². The summed E-state index contributed by atoms with van der Waals surface area (Å²) in [5, 5.41) is 0. The number of rotatable bonds is 5. The van der Waals surface area contributed by atoms with E-state index in [1.807, 2.05) is 13.0 Å². The molecule has 1 aromatic rings. The highest BCUT2D eigenvalue weighted by molar-refractivity contribution is 9.10. The van der Waals surface area contributed by atoms with Crippen molar-refractivity contribution >= 4 is 21.7 Å². The Labute approximate surface area is 100 Å². The van der Waals surface area contributed by atoms with Crippen molar-refractivity contribution in [3.8, 4) is 0 Å². The van der Waals surface area contributed by atoms with Crippen molar-refractivity contribution in [3.05, 3.63) is 16.5 Å². The minimum Gasteiger partial charge on any atom is -0.357 e. The molecule has 0 saturated heterocycles. The molecule has 0 aliphatic heterocycles. The second-order valence-corrected chi connectivity index (χ2v) is 4.34. The summed E-state index contributed by atoms with van der Waals surface area (Å²) in [6.07, 6.45) is 2.41. The van der Waals surface area contributed by atoms with E-state index in [1.165, 1.54) is 12.8 Å². The van der Waals surface area contributed by atoms with Crippen LogP contribution in [0.2, 0.25) is 0 Å². The van der Waals surface area contributed by atoms with Gasteiger partial charge in [-0.3, -0.25) is 0 Å². The standard InChI is InChI=1S/C11H18BrN3/c1-4-6-7-15(5-2)11-8-10(12)13-9(3)14-11/h8H,4-7H2,1-3H3. The summed E-state index contributed by atoms with van der Waals surface area (Å²) in [5.74, 6) is 1.83. The van der Waals surface area contributed by atoms with Crippen LogP contribution < -0.4 is 4.90 Å². The molecule has 0 radical (unpaired) electrons. The first-order chi connectivity index (χ1) is 7.17. The topological polar surface area (TPSA) is 29.0 Å². The molecule has 0 spiro atoms. The van der Waals surface area contributed by atoms with E-state index in [4.69, 9.17) is 0 Å². The summed E-state index contributed by atoms with van der Waals surface area (Å²) in [7, 11) is 0. The number of hydrogen-bond donors (Lipinski definition) is 0. The SMILES string of the molecule is CCCCN(CC)c1cc(Br)nc(C)n1. The largest absolute Gasteiger partial charge is 0.357 e. The minimum absolute atomic E-state index is 0.814. The van der Waals surface area contributed by atoms with Crippen LogP contribution in [0.1, 0.15) is 32.5 Å². The molecular formula is C11H18BrN3. The molecule has 0 N–H and O–H groups in total. The summed E-state index contributed by atoms with van der Waals surface area (Å²) in [4.78, 5) is 10.9. The van der Waals surface area contributed by atoms with Crippen molar-refractivity contribution in [2.45, 2.75) is 33.6 Å². The highest BCUT2D eigenvalue weighted by Crippen LogP contribution is 2.16. The lowest BCUT2D eigenvalue weighted by Gasteiger charge is -2.21. The first-order valence-electron chi connectivity index (χ1n) is 5.43. The number of hydrogen-bond acceptors (Lipinski definition) is 3. The highest BCUT2D eigenvalue weighted by Gasteiger charge is 2.07. The van der Waals surface area contributed by atoms with E-state index < -0.39 is 0 Å². The van der Waals surface area contributed by atoms with Gasteiger partial charge in [0.1, 0.15) is 16.2 Å². The molecule has 3 nitrogen and oxygen atoms in total. The van der Waals surface area contributed by atoms with Gasteiger partial charge in [-0.25, -0.2) is 9.97 Å². The van der Waals surface area contributed by atoms with Crippen molar-refractivity contribution in [2.75, 3.05) is 18.0 Å². The predicted molar refractivity (Wildman–Crippen MR) is 67.3 cm³/mol. The summed E-state index contributed by atoms with van der Waals surface area (Å²) in [6, 6.07) is 1.98. The van der Waals surface area contributed by atoms with Crippen molar-refractivity contribution in [1.82, 2.24) is 9.97 Å². The van der Waals surface area contributed by atoms with Crippen LogP contribution in [0.15, 0.2) is 10.7 Å². The van der Waals surface area contributed by atoms with Gasteiger partial charge in [-0.2, -0.15) is 0 Å². The number of nitrogens with zero attached hydrogens (tertiary/aromatic N) is 3. The molecule has 1 aromatic heterocycles. The average molecular weight is 272 g/mol. The van der Waals surface area contributed by atoms with Crippen molar-refractivity contribution in [2.24, 2.45) is 0 Å². The fraction of sp³-hybridized carbons (Fsp3) is 0.636. The van der Waals surface area contributed by atoms with E-state index in [1.54, 1.807) is 0 Å². The quantitative estimate of drug-likeness (QED) is 0.771. The molecule has 0 atom stereocenters. The third-order valence-electron chi connectivity index (χ3n) is 2.28.